The van der Waals surface area contributed by atoms with Gasteiger partial charge in [-0.3, -0.25) is 0 Å². The molecule has 0 aliphatic carbocycles. The van der Waals surface area contributed by atoms with E-state index in [0.29, 0.717) is 36.5 Å². The number of hydrogen-bond donors (Lipinski definition) is 1. The van der Waals surface area contributed by atoms with Gasteiger partial charge in [-0.05, 0) is 37.1 Å². The van der Waals surface area contributed by atoms with Crippen molar-refractivity contribution in [3.63, 3.8) is 0 Å². The Morgan fingerprint density at radius 1 is 1.19 bits per heavy atom. The topological polar surface area (TPSA) is 80.5 Å². The molecule has 2 amide bonds. The van der Waals surface area contributed by atoms with E-state index in [1.165, 1.54) is 30.2 Å². The second kappa shape index (κ2) is 8.29. The lowest BCUT2D eigenvalue weighted by Crippen LogP contribution is -2.35. The average molecular weight is 432 g/mol. The summed E-state index contributed by atoms with van der Waals surface area (Å²) in [6, 6.07) is 10.8. The number of carbonyl (C=O) groups is 1. The maximum atomic E-state index is 13.2. The summed E-state index contributed by atoms with van der Waals surface area (Å²) in [5.41, 5.74) is -0.575. The zero-order chi connectivity index (χ0) is 22.0. The number of methoxy groups -OCH3 is 1. The summed E-state index contributed by atoms with van der Waals surface area (Å²) in [4.78, 5) is 18.6. The monoisotopic (exact) mass is 432 g/mol. The van der Waals surface area contributed by atoms with Crippen LogP contribution >= 0.6 is 0 Å². The van der Waals surface area contributed by atoms with Crippen LogP contribution in [0, 0.1) is 0 Å². The summed E-state index contributed by atoms with van der Waals surface area (Å²) in [5, 5.41) is 6.36. The van der Waals surface area contributed by atoms with Gasteiger partial charge in [-0.25, -0.2) is 4.79 Å². The Labute approximate surface area is 175 Å². The number of nitrogens with zero attached hydrogens (tertiary/aromatic N) is 3. The zero-order valence-electron chi connectivity index (χ0n) is 16.5. The Balaban J connectivity index is 1.56. The molecule has 2 heterocycles. The molecular weight excluding hydrogens is 413 g/mol. The number of para-hydroxylation sites is 2. The molecule has 10 heteroatoms. The quantitative estimate of drug-likeness (QED) is 0.618. The van der Waals surface area contributed by atoms with Crippen molar-refractivity contribution in [1.29, 1.82) is 0 Å². The second-order valence-corrected chi connectivity index (χ2v) is 6.98. The third kappa shape index (κ3) is 4.18. The molecule has 0 unspecified atom stereocenters. The van der Waals surface area contributed by atoms with E-state index < -0.39 is 23.8 Å². The number of aromatic nitrogens is 2. The van der Waals surface area contributed by atoms with Crippen molar-refractivity contribution in [2.24, 2.45) is 0 Å². The minimum absolute atomic E-state index is 0.220. The normalized spacial score (nSPS) is 16.4. The van der Waals surface area contributed by atoms with Gasteiger partial charge in [0.15, 0.2) is 0 Å². The van der Waals surface area contributed by atoms with Gasteiger partial charge in [0.25, 0.3) is 0 Å². The summed E-state index contributed by atoms with van der Waals surface area (Å²) in [6.45, 7) is 0.358. The van der Waals surface area contributed by atoms with E-state index in [-0.39, 0.29) is 11.6 Å². The zero-order valence-corrected chi connectivity index (χ0v) is 16.5. The molecule has 4 rings (SSSR count). The molecule has 1 fully saturated rings. The molecule has 1 N–H and O–H groups in total. The molecule has 31 heavy (non-hydrogen) atoms. The van der Waals surface area contributed by atoms with Crippen LogP contribution in [0.5, 0.6) is 5.75 Å². The number of anilines is 1. The summed E-state index contributed by atoms with van der Waals surface area (Å²) in [6.07, 6.45) is -3.36. The van der Waals surface area contributed by atoms with E-state index in [1.54, 1.807) is 18.2 Å². The molecule has 1 aromatic heterocycles. The van der Waals surface area contributed by atoms with Gasteiger partial charge in [0.05, 0.1) is 23.9 Å². The van der Waals surface area contributed by atoms with Gasteiger partial charge in [-0.2, -0.15) is 18.2 Å². The van der Waals surface area contributed by atoms with E-state index in [0.717, 1.165) is 6.07 Å². The number of rotatable bonds is 4. The van der Waals surface area contributed by atoms with E-state index >= 15 is 0 Å². The number of amides is 2. The van der Waals surface area contributed by atoms with Crippen LogP contribution < -0.4 is 10.1 Å². The van der Waals surface area contributed by atoms with Crippen LogP contribution in [-0.2, 0) is 6.18 Å². The molecule has 3 aromatic rings. The average Bonchev–Trinajstić information content (AvgIpc) is 3.43. The van der Waals surface area contributed by atoms with Crippen molar-refractivity contribution in [1.82, 2.24) is 15.0 Å². The van der Waals surface area contributed by atoms with Gasteiger partial charge < -0.3 is 19.5 Å². The summed E-state index contributed by atoms with van der Waals surface area (Å²) >= 11 is 0. The molecule has 162 valence electrons. The van der Waals surface area contributed by atoms with Crippen molar-refractivity contribution in [3.8, 4) is 17.1 Å². The molecule has 2 aromatic carbocycles. The summed E-state index contributed by atoms with van der Waals surface area (Å²) < 4.78 is 50.4. The highest BCUT2D eigenvalue weighted by Crippen LogP contribution is 2.37. The number of nitrogens with one attached hydrogen (secondary N) is 1. The van der Waals surface area contributed by atoms with Crippen LogP contribution in [0.4, 0.5) is 23.7 Å². The largest absolute Gasteiger partial charge is 0.496 e. The molecule has 0 spiro atoms. The first-order valence-electron chi connectivity index (χ1n) is 9.59. The minimum atomic E-state index is -4.58. The summed E-state index contributed by atoms with van der Waals surface area (Å²) in [5.74, 6) is 1.10. The Kier molecular flexibility index (Phi) is 5.53. The Morgan fingerprint density at radius 2 is 1.94 bits per heavy atom. The smallest absolute Gasteiger partial charge is 0.418 e. The number of hydrogen-bond acceptors (Lipinski definition) is 5. The van der Waals surface area contributed by atoms with Crippen molar-refractivity contribution in [3.05, 3.63) is 60.0 Å². The van der Waals surface area contributed by atoms with Crippen molar-refractivity contribution in [2.45, 2.75) is 25.1 Å². The first kappa shape index (κ1) is 20.7. The molecular formula is C21H19F3N4O3. The second-order valence-electron chi connectivity index (χ2n) is 6.98. The molecule has 1 aliphatic heterocycles. The van der Waals surface area contributed by atoms with Gasteiger partial charge >= 0.3 is 12.2 Å². The third-order valence-electron chi connectivity index (χ3n) is 5.06. The fourth-order valence-electron chi connectivity index (χ4n) is 3.60. The predicted molar refractivity (Wildman–Crippen MR) is 105 cm³/mol. The number of likely N-dealkylation sites (tertiary alicyclic amines) is 1. The Hall–Kier alpha value is -3.56. The third-order valence-corrected chi connectivity index (χ3v) is 5.06. The highest BCUT2D eigenvalue weighted by atomic mass is 19.4. The number of ether oxygens (including phenoxy) is 1. The molecule has 1 aliphatic rings. The van der Waals surface area contributed by atoms with Crippen LogP contribution in [0.1, 0.15) is 30.3 Å². The van der Waals surface area contributed by atoms with Gasteiger partial charge in [0.1, 0.15) is 11.8 Å². The molecule has 7 nitrogen and oxygen atoms in total. The van der Waals surface area contributed by atoms with Crippen LogP contribution in [0.2, 0.25) is 0 Å². The first-order chi connectivity index (χ1) is 14.9. The number of urea groups is 1. The summed E-state index contributed by atoms with van der Waals surface area (Å²) in [7, 11) is 1.53. The van der Waals surface area contributed by atoms with Crippen molar-refractivity contribution in [2.75, 3.05) is 19.0 Å². The van der Waals surface area contributed by atoms with E-state index in [1.807, 2.05) is 6.07 Å². The number of benzene rings is 2. The Bertz CT molecular complexity index is 1080. The molecule has 0 bridgehead atoms. The fourth-order valence-corrected chi connectivity index (χ4v) is 3.60. The van der Waals surface area contributed by atoms with Crippen LogP contribution in [0.3, 0.4) is 0 Å². The molecule has 1 atom stereocenters. The Morgan fingerprint density at radius 3 is 2.71 bits per heavy atom. The number of carbonyl (C=O) groups excluding carboxylic acids is 1. The van der Waals surface area contributed by atoms with Gasteiger partial charge in [0.2, 0.25) is 11.7 Å². The predicted octanol–water partition coefficient (Wildman–Crippen LogP) is 5.13. The highest BCUT2D eigenvalue weighted by molar-refractivity contribution is 5.90. The van der Waals surface area contributed by atoms with Crippen LogP contribution in [0.15, 0.2) is 53.1 Å². The van der Waals surface area contributed by atoms with Crippen LogP contribution in [0.25, 0.3) is 11.4 Å². The van der Waals surface area contributed by atoms with Crippen molar-refractivity contribution < 1.29 is 27.2 Å². The highest BCUT2D eigenvalue weighted by Gasteiger charge is 2.37. The lowest BCUT2D eigenvalue weighted by atomic mass is 10.1. The fraction of sp³-hybridized carbons (Fsp3) is 0.286. The number of halogens is 3. The van der Waals surface area contributed by atoms with E-state index in [4.69, 9.17) is 9.26 Å². The molecule has 0 saturated carbocycles. The van der Waals surface area contributed by atoms with Gasteiger partial charge in [0, 0.05) is 6.54 Å². The van der Waals surface area contributed by atoms with E-state index in [2.05, 4.69) is 15.5 Å². The maximum Gasteiger partial charge on any atom is 0.418 e. The lowest BCUT2D eigenvalue weighted by molar-refractivity contribution is -0.136. The number of alkyl halides is 3. The minimum Gasteiger partial charge on any atom is -0.496 e. The molecule has 0 radical (unpaired) electrons. The van der Waals surface area contributed by atoms with Gasteiger partial charge in [-0.15, -0.1) is 0 Å². The van der Waals surface area contributed by atoms with Crippen LogP contribution in [-0.4, -0.2) is 34.7 Å². The standard InChI is InChI=1S/C21H19F3N4O3/c1-30-17-11-5-2-7-13(17)18-26-19(31-27-18)16-10-6-12-28(16)20(29)25-15-9-4-3-8-14(15)21(22,23)24/h2-5,7-9,11,16H,6,10,12H2,1H3,(H,25,29)/t16-/m0/s1. The van der Waals surface area contributed by atoms with Crippen molar-refractivity contribution >= 4 is 11.7 Å². The first-order valence-corrected chi connectivity index (χ1v) is 9.59. The van der Waals surface area contributed by atoms with E-state index in [9.17, 15) is 18.0 Å². The molecule has 1 saturated heterocycles. The lowest BCUT2D eigenvalue weighted by Gasteiger charge is -2.23. The maximum absolute atomic E-state index is 13.2. The SMILES string of the molecule is COc1ccccc1-c1noc([C@@H]2CCCN2C(=O)Nc2ccccc2C(F)(F)F)n1. The van der Waals surface area contributed by atoms with Gasteiger partial charge in [-0.1, -0.05) is 29.4 Å².